The monoisotopic (exact) mass is 472 g/mol. The lowest BCUT2D eigenvalue weighted by atomic mass is 9.50. The van der Waals surface area contributed by atoms with Crippen LogP contribution in [0.3, 0.4) is 0 Å². The highest BCUT2D eigenvalue weighted by Gasteiger charge is 2.59. The Morgan fingerprint density at radius 1 is 1.12 bits per heavy atom. The molecule has 3 saturated carbocycles. The molecule has 1 heterocycles. The fourth-order valence-corrected chi connectivity index (χ4v) is 9.17. The Bertz CT molecular complexity index is 755. The van der Waals surface area contributed by atoms with Gasteiger partial charge in [0.15, 0.2) is 0 Å². The smallest absolute Gasteiger partial charge is 0.0369 e. The van der Waals surface area contributed by atoms with Crippen molar-refractivity contribution in [2.45, 2.75) is 104 Å². The molecule has 0 aliphatic heterocycles. The van der Waals surface area contributed by atoms with E-state index >= 15 is 0 Å². The van der Waals surface area contributed by atoms with Crippen molar-refractivity contribution >= 4 is 12.6 Å². The van der Waals surface area contributed by atoms with Gasteiger partial charge in [0.25, 0.3) is 0 Å². The Kier molecular flexibility index (Phi) is 9.28. The number of aromatic nitrogens is 1. The Hall–Kier alpha value is -0.670. The largest absolute Gasteiger partial charge is 0.365 e. The maximum absolute atomic E-state index is 5.45. The normalized spacial score (nSPS) is 40.0. The van der Waals surface area contributed by atoms with Crippen LogP contribution in [-0.2, 0) is 6.42 Å². The first-order chi connectivity index (χ1) is 15.9. The molecule has 1 aromatic heterocycles. The summed E-state index contributed by atoms with van der Waals surface area (Å²) in [5.41, 5.74) is 8.19. The summed E-state index contributed by atoms with van der Waals surface area (Å²) in [6.45, 7) is 11.7. The molecule has 3 fully saturated rings. The third kappa shape index (κ3) is 5.01. The van der Waals surface area contributed by atoms with Crippen LogP contribution in [0.15, 0.2) is 30.0 Å². The van der Waals surface area contributed by atoms with Crippen LogP contribution in [0, 0.1) is 40.9 Å². The summed E-state index contributed by atoms with van der Waals surface area (Å²) in [5.74, 6) is 5.27. The standard InChI is InChI=1S/C27H41NS.C2H6.CH5N/c1-18-12-15-27(29)20(17-18)7-9-22-24-11-10-23(26(24,3)14-13-25(22)27)19(2)6-8-21-5-4-16-28-21;2*1-2/h4-5,7,16,18-19,22-25,28-29H,6,8-15,17H2,1-3H3;1-2H3;2H2,1H3. The van der Waals surface area contributed by atoms with Crippen LogP contribution in [0.2, 0.25) is 0 Å². The second-order valence-electron chi connectivity index (χ2n) is 11.6. The van der Waals surface area contributed by atoms with Gasteiger partial charge in [0.2, 0.25) is 0 Å². The number of aryl methyl sites for hydroxylation is 1. The van der Waals surface area contributed by atoms with Crippen LogP contribution in [0.1, 0.15) is 98.1 Å². The number of hydrogen-bond donors (Lipinski definition) is 3. The number of nitrogens with two attached hydrogens (primary N) is 1. The zero-order valence-corrected chi connectivity index (χ0v) is 23.3. The van der Waals surface area contributed by atoms with E-state index in [1.54, 1.807) is 5.57 Å². The van der Waals surface area contributed by atoms with Gasteiger partial charge in [0, 0.05) is 16.6 Å². The molecule has 1 aromatic rings. The van der Waals surface area contributed by atoms with Crippen molar-refractivity contribution in [2.75, 3.05) is 7.05 Å². The molecule has 188 valence electrons. The third-order valence-corrected chi connectivity index (χ3v) is 11.0. The third-order valence-electron chi connectivity index (χ3n) is 10.1. The molecule has 4 aliphatic rings. The first-order valence-electron chi connectivity index (χ1n) is 14.0. The highest BCUT2D eigenvalue weighted by molar-refractivity contribution is 7.82. The molecule has 0 radical (unpaired) electrons. The number of aromatic amines is 1. The van der Waals surface area contributed by atoms with Crippen LogP contribution in [-0.4, -0.2) is 16.8 Å². The lowest BCUT2D eigenvalue weighted by Gasteiger charge is -2.58. The molecule has 3 heteroatoms. The second kappa shape index (κ2) is 11.4. The molecule has 8 unspecified atom stereocenters. The lowest BCUT2D eigenvalue weighted by molar-refractivity contribution is -0.0188. The first kappa shape index (κ1) is 26.9. The van der Waals surface area contributed by atoms with E-state index in [1.807, 2.05) is 13.8 Å². The fraction of sp³-hybridized carbons (Fsp3) is 0.800. The van der Waals surface area contributed by atoms with Crippen LogP contribution < -0.4 is 5.73 Å². The molecule has 0 spiro atoms. The van der Waals surface area contributed by atoms with Crippen molar-refractivity contribution in [1.29, 1.82) is 0 Å². The molecule has 0 bridgehead atoms. The van der Waals surface area contributed by atoms with E-state index < -0.39 is 0 Å². The van der Waals surface area contributed by atoms with E-state index in [1.165, 1.54) is 76.9 Å². The van der Waals surface area contributed by atoms with Crippen molar-refractivity contribution in [3.8, 4) is 0 Å². The summed E-state index contributed by atoms with van der Waals surface area (Å²) in [6, 6.07) is 4.39. The average Bonchev–Trinajstić information content (AvgIpc) is 3.48. The Balaban J connectivity index is 0.000000728. The van der Waals surface area contributed by atoms with Crippen molar-refractivity contribution in [3.05, 3.63) is 35.7 Å². The SMILES string of the molecule is CC.CC1CCC2(S)C(=CCC3C2CCC2(C)C(C(C)CCc4ccc[nH]4)CCC32)C1.CN. The number of rotatable bonds is 4. The Labute approximate surface area is 210 Å². The summed E-state index contributed by atoms with van der Waals surface area (Å²) in [7, 11) is 1.50. The summed E-state index contributed by atoms with van der Waals surface area (Å²) >= 11 is 5.45. The number of allylic oxidation sites excluding steroid dienone is 1. The first-order valence-corrected chi connectivity index (χ1v) is 14.5. The fourth-order valence-electron chi connectivity index (χ4n) is 8.53. The maximum Gasteiger partial charge on any atom is 0.0369 e. The van der Waals surface area contributed by atoms with Gasteiger partial charge in [-0.3, -0.25) is 0 Å². The average molecular weight is 473 g/mol. The minimum Gasteiger partial charge on any atom is -0.365 e. The van der Waals surface area contributed by atoms with Crippen molar-refractivity contribution < 1.29 is 0 Å². The molecule has 0 amide bonds. The number of thiol groups is 1. The van der Waals surface area contributed by atoms with E-state index in [-0.39, 0.29) is 4.75 Å². The van der Waals surface area contributed by atoms with Gasteiger partial charge < -0.3 is 10.7 Å². The molecule has 3 N–H and O–H groups in total. The Morgan fingerprint density at radius 2 is 1.88 bits per heavy atom. The molecule has 0 saturated heterocycles. The van der Waals surface area contributed by atoms with E-state index in [2.05, 4.69) is 55.9 Å². The minimum absolute atomic E-state index is 0.230. The van der Waals surface area contributed by atoms with Crippen molar-refractivity contribution in [1.82, 2.24) is 4.98 Å². The molecule has 0 aromatic carbocycles. The van der Waals surface area contributed by atoms with Crippen LogP contribution in [0.4, 0.5) is 0 Å². The predicted octanol–water partition coefficient (Wildman–Crippen LogP) is 8.06. The second-order valence-corrected chi connectivity index (χ2v) is 12.4. The summed E-state index contributed by atoms with van der Waals surface area (Å²) in [6.07, 6.45) is 18.4. The minimum atomic E-state index is 0.230. The molecule has 8 atom stereocenters. The lowest BCUT2D eigenvalue weighted by Crippen LogP contribution is -2.52. The summed E-state index contributed by atoms with van der Waals surface area (Å²) in [5, 5.41) is 0. The zero-order chi connectivity index (χ0) is 24.2. The molecule has 2 nitrogen and oxygen atoms in total. The number of nitrogens with one attached hydrogen (secondary N) is 1. The van der Waals surface area contributed by atoms with Gasteiger partial charge in [0.1, 0.15) is 0 Å². The van der Waals surface area contributed by atoms with Gasteiger partial charge >= 0.3 is 0 Å². The Morgan fingerprint density at radius 3 is 2.58 bits per heavy atom. The zero-order valence-electron chi connectivity index (χ0n) is 22.4. The van der Waals surface area contributed by atoms with Crippen molar-refractivity contribution in [3.63, 3.8) is 0 Å². The number of H-pyrrole nitrogens is 1. The highest BCUT2D eigenvalue weighted by atomic mass is 32.1. The number of hydrogen-bond acceptors (Lipinski definition) is 2. The quantitative estimate of drug-likeness (QED) is 0.301. The van der Waals surface area contributed by atoms with Gasteiger partial charge in [-0.05, 0) is 124 Å². The van der Waals surface area contributed by atoms with Gasteiger partial charge in [-0.2, -0.15) is 12.6 Å². The summed E-state index contributed by atoms with van der Waals surface area (Å²) < 4.78 is 0.230. The van der Waals surface area contributed by atoms with E-state index in [9.17, 15) is 0 Å². The summed E-state index contributed by atoms with van der Waals surface area (Å²) in [4.78, 5) is 3.40. The molecule has 4 aliphatic carbocycles. The van der Waals surface area contributed by atoms with Crippen LogP contribution in [0.25, 0.3) is 0 Å². The van der Waals surface area contributed by atoms with Gasteiger partial charge in [-0.25, -0.2) is 0 Å². The van der Waals surface area contributed by atoms with E-state index in [0.717, 1.165) is 35.5 Å². The van der Waals surface area contributed by atoms with Crippen LogP contribution in [0.5, 0.6) is 0 Å². The highest BCUT2D eigenvalue weighted by Crippen LogP contribution is 2.66. The number of fused-ring (bicyclic) bond motifs is 5. The van der Waals surface area contributed by atoms with Crippen LogP contribution >= 0.6 is 12.6 Å². The van der Waals surface area contributed by atoms with Gasteiger partial charge in [-0.15, -0.1) is 0 Å². The maximum atomic E-state index is 5.45. The van der Waals surface area contributed by atoms with Gasteiger partial charge in [0.05, 0.1) is 0 Å². The van der Waals surface area contributed by atoms with E-state index in [4.69, 9.17) is 12.6 Å². The molecular weight excluding hydrogens is 420 g/mol. The van der Waals surface area contributed by atoms with Crippen molar-refractivity contribution in [2.24, 2.45) is 46.7 Å². The molecule has 33 heavy (non-hydrogen) atoms. The topological polar surface area (TPSA) is 41.8 Å². The molecular formula is C30H52N2S. The molecule has 5 rings (SSSR count). The van der Waals surface area contributed by atoms with E-state index in [0.29, 0.717) is 5.41 Å². The predicted molar refractivity (Wildman–Crippen MR) is 148 cm³/mol. The van der Waals surface area contributed by atoms with Gasteiger partial charge in [-0.1, -0.05) is 46.3 Å².